The summed E-state index contributed by atoms with van der Waals surface area (Å²) in [6.07, 6.45) is 5.38. The average Bonchev–Trinajstić information content (AvgIpc) is 3.26. The van der Waals surface area contributed by atoms with E-state index in [9.17, 15) is 14.0 Å². The van der Waals surface area contributed by atoms with E-state index in [-0.39, 0.29) is 24.3 Å². The van der Waals surface area contributed by atoms with Crippen LogP contribution in [0.3, 0.4) is 0 Å². The second-order valence-corrected chi connectivity index (χ2v) is 8.00. The van der Waals surface area contributed by atoms with Crippen LogP contribution in [0.2, 0.25) is 0 Å². The zero-order valence-corrected chi connectivity index (χ0v) is 17.6. The molecule has 30 heavy (non-hydrogen) atoms. The zero-order valence-electron chi connectivity index (χ0n) is 17.6. The molecule has 3 rings (SSSR count). The van der Waals surface area contributed by atoms with Crippen molar-refractivity contribution in [2.75, 3.05) is 6.54 Å². The van der Waals surface area contributed by atoms with Crippen LogP contribution < -0.4 is 5.32 Å². The number of nitrogens with one attached hydrogen (secondary N) is 1. The van der Waals surface area contributed by atoms with E-state index < -0.39 is 11.9 Å². The monoisotopic (exact) mass is 410 g/mol. The summed E-state index contributed by atoms with van der Waals surface area (Å²) in [5.74, 6) is -0.707. The minimum absolute atomic E-state index is 0.0470. The summed E-state index contributed by atoms with van der Waals surface area (Å²) >= 11 is 0. The van der Waals surface area contributed by atoms with Crippen LogP contribution in [0, 0.1) is 5.82 Å². The molecule has 4 nitrogen and oxygen atoms in total. The number of rotatable bonds is 9. The maximum absolute atomic E-state index is 14.1. The number of halogens is 1. The Morgan fingerprint density at radius 1 is 1.07 bits per heavy atom. The van der Waals surface area contributed by atoms with Gasteiger partial charge in [-0.3, -0.25) is 9.59 Å². The van der Waals surface area contributed by atoms with Crippen LogP contribution in [0.25, 0.3) is 0 Å². The molecule has 0 aromatic heterocycles. The minimum atomic E-state index is -0.548. The molecule has 1 N–H and O–H groups in total. The van der Waals surface area contributed by atoms with Crippen LogP contribution in [0.1, 0.15) is 50.2 Å². The van der Waals surface area contributed by atoms with Crippen molar-refractivity contribution in [2.45, 2.75) is 64.0 Å². The summed E-state index contributed by atoms with van der Waals surface area (Å²) in [7, 11) is 0. The number of benzene rings is 2. The Morgan fingerprint density at radius 2 is 1.73 bits per heavy atom. The van der Waals surface area contributed by atoms with Gasteiger partial charge in [-0.1, -0.05) is 68.3 Å². The predicted molar refractivity (Wildman–Crippen MR) is 116 cm³/mol. The van der Waals surface area contributed by atoms with Crippen molar-refractivity contribution < 1.29 is 14.0 Å². The normalized spacial score (nSPS) is 15.0. The molecule has 2 aromatic rings. The maximum Gasteiger partial charge on any atom is 0.243 e. The standard InChI is InChI=1S/C25H31FN2O2/c1-2-23(25(30)27-21-13-7-8-14-21)28(17-16-19-10-4-3-5-11-19)24(29)18-20-12-6-9-15-22(20)26/h3-6,9-12,15,21,23H,2,7-8,13-14,16-18H2,1H3,(H,27,30)/t23-/m1/s1. The molecule has 2 aromatic carbocycles. The summed E-state index contributed by atoms with van der Waals surface area (Å²) in [4.78, 5) is 27.9. The van der Waals surface area contributed by atoms with Gasteiger partial charge in [-0.2, -0.15) is 0 Å². The van der Waals surface area contributed by atoms with Crippen molar-refractivity contribution in [2.24, 2.45) is 0 Å². The highest BCUT2D eigenvalue weighted by Crippen LogP contribution is 2.19. The van der Waals surface area contributed by atoms with E-state index in [1.54, 1.807) is 23.1 Å². The van der Waals surface area contributed by atoms with Gasteiger partial charge in [-0.25, -0.2) is 4.39 Å². The Labute approximate surface area is 178 Å². The van der Waals surface area contributed by atoms with Gasteiger partial charge in [0.15, 0.2) is 0 Å². The molecule has 2 amide bonds. The molecule has 0 spiro atoms. The van der Waals surface area contributed by atoms with Crippen molar-refractivity contribution in [3.63, 3.8) is 0 Å². The van der Waals surface area contributed by atoms with Gasteiger partial charge in [-0.05, 0) is 42.9 Å². The van der Waals surface area contributed by atoms with Crippen LogP contribution in [-0.4, -0.2) is 35.3 Å². The summed E-state index contributed by atoms with van der Waals surface area (Å²) in [6.45, 7) is 2.35. The van der Waals surface area contributed by atoms with Gasteiger partial charge in [0.1, 0.15) is 11.9 Å². The second kappa shape index (κ2) is 10.9. The predicted octanol–water partition coefficient (Wildman–Crippen LogP) is 4.28. The summed E-state index contributed by atoms with van der Waals surface area (Å²) in [5.41, 5.74) is 1.46. The number of carbonyl (C=O) groups excluding carboxylic acids is 2. The molecule has 0 unspecified atom stereocenters. The highest BCUT2D eigenvalue weighted by atomic mass is 19.1. The van der Waals surface area contributed by atoms with E-state index >= 15 is 0 Å². The first-order chi connectivity index (χ1) is 14.6. The Hall–Kier alpha value is -2.69. The largest absolute Gasteiger partial charge is 0.352 e. The van der Waals surface area contributed by atoms with Crippen molar-refractivity contribution in [1.29, 1.82) is 0 Å². The lowest BCUT2D eigenvalue weighted by molar-refractivity contribution is -0.140. The molecular weight excluding hydrogens is 379 g/mol. The van der Waals surface area contributed by atoms with Crippen LogP contribution in [-0.2, 0) is 22.4 Å². The van der Waals surface area contributed by atoms with E-state index in [0.29, 0.717) is 24.9 Å². The third kappa shape index (κ3) is 5.91. The first-order valence-electron chi connectivity index (χ1n) is 11.0. The second-order valence-electron chi connectivity index (χ2n) is 8.00. The van der Waals surface area contributed by atoms with E-state index in [1.807, 2.05) is 37.3 Å². The summed E-state index contributed by atoms with van der Waals surface area (Å²) < 4.78 is 14.1. The van der Waals surface area contributed by atoms with E-state index in [2.05, 4.69) is 5.32 Å². The molecule has 1 aliphatic rings. The first-order valence-corrected chi connectivity index (χ1v) is 11.0. The molecule has 1 atom stereocenters. The number of carbonyl (C=O) groups is 2. The molecule has 160 valence electrons. The third-order valence-corrected chi connectivity index (χ3v) is 5.87. The third-order valence-electron chi connectivity index (χ3n) is 5.87. The molecule has 0 aliphatic heterocycles. The molecule has 5 heteroatoms. The van der Waals surface area contributed by atoms with Gasteiger partial charge >= 0.3 is 0 Å². The lowest BCUT2D eigenvalue weighted by Crippen LogP contribution is -2.52. The van der Waals surface area contributed by atoms with Gasteiger partial charge in [-0.15, -0.1) is 0 Å². The van der Waals surface area contributed by atoms with Gasteiger partial charge in [0.2, 0.25) is 11.8 Å². The molecule has 0 radical (unpaired) electrons. The van der Waals surface area contributed by atoms with E-state index in [1.165, 1.54) is 6.07 Å². The molecule has 0 bridgehead atoms. The molecule has 0 saturated heterocycles. The maximum atomic E-state index is 14.1. The Morgan fingerprint density at radius 3 is 2.40 bits per heavy atom. The summed E-state index contributed by atoms with van der Waals surface area (Å²) in [6, 6.07) is 15.9. The highest BCUT2D eigenvalue weighted by molar-refractivity contribution is 5.88. The van der Waals surface area contributed by atoms with Crippen LogP contribution in [0.15, 0.2) is 54.6 Å². The Balaban J connectivity index is 1.76. The topological polar surface area (TPSA) is 49.4 Å². The van der Waals surface area contributed by atoms with Gasteiger partial charge < -0.3 is 10.2 Å². The fourth-order valence-electron chi connectivity index (χ4n) is 4.17. The fraction of sp³-hybridized carbons (Fsp3) is 0.440. The number of amides is 2. The van der Waals surface area contributed by atoms with Crippen molar-refractivity contribution >= 4 is 11.8 Å². The Bertz CT molecular complexity index is 834. The zero-order chi connectivity index (χ0) is 21.3. The molecule has 1 aliphatic carbocycles. The number of nitrogens with zero attached hydrogens (tertiary/aromatic N) is 1. The summed E-state index contributed by atoms with van der Waals surface area (Å²) in [5, 5.41) is 3.13. The SMILES string of the molecule is CC[C@H](C(=O)NC1CCCC1)N(CCc1ccccc1)C(=O)Cc1ccccc1F. The van der Waals surface area contributed by atoms with Crippen LogP contribution in [0.4, 0.5) is 4.39 Å². The number of hydrogen-bond acceptors (Lipinski definition) is 2. The van der Waals surface area contributed by atoms with Crippen molar-refractivity contribution in [1.82, 2.24) is 10.2 Å². The van der Waals surface area contributed by atoms with E-state index in [4.69, 9.17) is 0 Å². The molecule has 0 heterocycles. The Kier molecular flexibility index (Phi) is 8.00. The average molecular weight is 411 g/mol. The van der Waals surface area contributed by atoms with E-state index in [0.717, 1.165) is 31.2 Å². The smallest absolute Gasteiger partial charge is 0.243 e. The highest BCUT2D eigenvalue weighted by Gasteiger charge is 2.30. The van der Waals surface area contributed by atoms with Gasteiger partial charge in [0.05, 0.1) is 6.42 Å². The molecular formula is C25H31FN2O2. The molecule has 1 fully saturated rings. The van der Waals surface area contributed by atoms with Gasteiger partial charge in [0, 0.05) is 12.6 Å². The first kappa shape index (κ1) is 22.0. The lowest BCUT2D eigenvalue weighted by Gasteiger charge is -2.31. The van der Waals surface area contributed by atoms with Crippen LogP contribution >= 0.6 is 0 Å². The lowest BCUT2D eigenvalue weighted by atomic mass is 10.1. The van der Waals surface area contributed by atoms with Gasteiger partial charge in [0.25, 0.3) is 0 Å². The quantitative estimate of drug-likeness (QED) is 0.671. The fourth-order valence-corrected chi connectivity index (χ4v) is 4.17. The van der Waals surface area contributed by atoms with Crippen molar-refractivity contribution in [3.8, 4) is 0 Å². The minimum Gasteiger partial charge on any atom is -0.352 e. The number of hydrogen-bond donors (Lipinski definition) is 1. The van der Waals surface area contributed by atoms with Crippen LogP contribution in [0.5, 0.6) is 0 Å². The van der Waals surface area contributed by atoms with Crippen molar-refractivity contribution in [3.05, 3.63) is 71.5 Å². The molecule has 1 saturated carbocycles.